The van der Waals surface area contributed by atoms with Crippen molar-refractivity contribution in [2.75, 3.05) is 26.4 Å². The average Bonchev–Trinajstić information content (AvgIpc) is 2.35. The molecule has 1 aromatic rings. The summed E-state index contributed by atoms with van der Waals surface area (Å²) in [5, 5.41) is 10.6. The largest absolute Gasteiger partial charge is 0.397 e. The molecule has 0 amide bonds. The number of nitrogens with one attached hydrogen (secondary N) is 1. The number of sulfonamides is 1. The Bertz CT molecular complexity index is 600. The molecule has 0 aromatic heterocycles. The Morgan fingerprint density at radius 3 is 2.50 bits per heavy atom. The minimum Gasteiger partial charge on any atom is -0.397 e. The van der Waals surface area contributed by atoms with Crippen LogP contribution in [-0.2, 0) is 10.0 Å². The summed E-state index contributed by atoms with van der Waals surface area (Å²) < 4.78 is 26.6. The van der Waals surface area contributed by atoms with Crippen molar-refractivity contribution in [3.63, 3.8) is 0 Å². The fourth-order valence-electron chi connectivity index (χ4n) is 1.38. The van der Waals surface area contributed by atoms with E-state index in [1.54, 1.807) is 0 Å². The van der Waals surface area contributed by atoms with Crippen molar-refractivity contribution in [2.24, 2.45) is 0 Å². The SMILES string of the molecule is CC(CNS(=O)(=O)c1ccc([N+](=O)[O-])cc1N)N(C)C. The summed E-state index contributed by atoms with van der Waals surface area (Å²) in [7, 11) is -0.121. The number of nitro groups is 1. The summed E-state index contributed by atoms with van der Waals surface area (Å²) in [6.07, 6.45) is 0. The number of non-ortho nitro benzene ring substituents is 1. The molecule has 0 fully saturated rings. The second kappa shape index (κ2) is 6.16. The smallest absolute Gasteiger partial charge is 0.271 e. The molecule has 3 N–H and O–H groups in total. The topological polar surface area (TPSA) is 119 Å². The summed E-state index contributed by atoms with van der Waals surface area (Å²) in [6, 6.07) is 3.28. The molecule has 0 saturated carbocycles. The first-order chi connectivity index (χ1) is 9.15. The highest BCUT2D eigenvalue weighted by Gasteiger charge is 2.20. The molecular weight excluding hydrogens is 284 g/mol. The molecule has 1 unspecified atom stereocenters. The first kappa shape index (κ1) is 16.3. The second-order valence-electron chi connectivity index (χ2n) is 4.64. The van der Waals surface area contributed by atoms with Crippen LogP contribution >= 0.6 is 0 Å². The number of rotatable bonds is 6. The van der Waals surface area contributed by atoms with E-state index in [2.05, 4.69) is 4.72 Å². The lowest BCUT2D eigenvalue weighted by atomic mass is 10.3. The van der Waals surface area contributed by atoms with E-state index in [4.69, 9.17) is 5.73 Å². The van der Waals surface area contributed by atoms with Gasteiger partial charge in [0.05, 0.1) is 10.6 Å². The Kier molecular flexibility index (Phi) is 5.03. The maximum absolute atomic E-state index is 12.1. The average molecular weight is 302 g/mol. The van der Waals surface area contributed by atoms with E-state index < -0.39 is 14.9 Å². The first-order valence-corrected chi connectivity index (χ1v) is 7.33. The van der Waals surface area contributed by atoms with Gasteiger partial charge in [0.25, 0.3) is 5.69 Å². The van der Waals surface area contributed by atoms with Gasteiger partial charge in [-0.05, 0) is 27.1 Å². The molecule has 0 aliphatic heterocycles. The molecule has 0 spiro atoms. The molecule has 1 rings (SSSR count). The van der Waals surface area contributed by atoms with E-state index in [0.29, 0.717) is 0 Å². The summed E-state index contributed by atoms with van der Waals surface area (Å²) in [5.41, 5.74) is 5.18. The van der Waals surface area contributed by atoms with Gasteiger partial charge in [0.2, 0.25) is 10.0 Å². The maximum Gasteiger partial charge on any atom is 0.271 e. The van der Waals surface area contributed by atoms with Crippen LogP contribution in [0.15, 0.2) is 23.1 Å². The zero-order valence-electron chi connectivity index (χ0n) is 11.5. The van der Waals surface area contributed by atoms with Gasteiger partial charge >= 0.3 is 0 Å². The predicted octanol–water partition coefficient (Wildman–Crippen LogP) is 0.405. The number of benzene rings is 1. The summed E-state index contributed by atoms with van der Waals surface area (Å²) in [6.45, 7) is 2.08. The Balaban J connectivity index is 2.96. The zero-order valence-corrected chi connectivity index (χ0v) is 12.3. The Morgan fingerprint density at radius 1 is 1.45 bits per heavy atom. The molecule has 0 aliphatic rings. The van der Waals surface area contributed by atoms with Crippen molar-refractivity contribution in [3.8, 4) is 0 Å². The maximum atomic E-state index is 12.1. The lowest BCUT2D eigenvalue weighted by molar-refractivity contribution is -0.384. The minimum atomic E-state index is -3.79. The monoisotopic (exact) mass is 302 g/mol. The van der Waals surface area contributed by atoms with Gasteiger partial charge in [-0.2, -0.15) is 0 Å². The number of anilines is 1. The molecule has 0 saturated heterocycles. The van der Waals surface area contributed by atoms with Gasteiger partial charge in [-0.3, -0.25) is 10.1 Å². The van der Waals surface area contributed by atoms with Gasteiger partial charge < -0.3 is 10.6 Å². The van der Waals surface area contributed by atoms with Crippen LogP contribution in [0.2, 0.25) is 0 Å². The van der Waals surface area contributed by atoms with E-state index in [9.17, 15) is 18.5 Å². The number of nitrogens with zero attached hydrogens (tertiary/aromatic N) is 2. The number of nitro benzene ring substituents is 1. The minimum absolute atomic E-state index is 0.00375. The van der Waals surface area contributed by atoms with Gasteiger partial charge in [0.1, 0.15) is 4.90 Å². The summed E-state index contributed by atoms with van der Waals surface area (Å²) in [4.78, 5) is 11.7. The van der Waals surface area contributed by atoms with E-state index >= 15 is 0 Å². The molecule has 0 radical (unpaired) electrons. The fraction of sp³-hybridized carbons (Fsp3) is 0.455. The van der Waals surface area contributed by atoms with Crippen LogP contribution in [0.4, 0.5) is 11.4 Å². The molecule has 1 aromatic carbocycles. The summed E-state index contributed by atoms with van der Waals surface area (Å²) >= 11 is 0. The third kappa shape index (κ3) is 3.89. The van der Waals surface area contributed by atoms with Crippen LogP contribution < -0.4 is 10.5 Å². The van der Waals surface area contributed by atoms with Crippen molar-refractivity contribution < 1.29 is 13.3 Å². The van der Waals surface area contributed by atoms with Crippen LogP contribution in [0.1, 0.15) is 6.92 Å². The predicted molar refractivity (Wildman–Crippen MR) is 75.8 cm³/mol. The Hall–Kier alpha value is -1.71. The van der Waals surface area contributed by atoms with E-state index in [1.807, 2.05) is 25.9 Å². The van der Waals surface area contributed by atoms with Gasteiger partial charge in [-0.25, -0.2) is 13.1 Å². The zero-order chi connectivity index (χ0) is 15.5. The Labute approximate surface area is 117 Å². The molecule has 8 nitrogen and oxygen atoms in total. The number of likely N-dealkylation sites (N-methyl/N-ethyl adjacent to an activating group) is 1. The molecule has 112 valence electrons. The number of nitrogen functional groups attached to an aromatic ring is 1. The highest BCUT2D eigenvalue weighted by atomic mass is 32.2. The van der Waals surface area contributed by atoms with Crippen molar-refractivity contribution in [2.45, 2.75) is 17.9 Å². The van der Waals surface area contributed by atoms with E-state index in [1.165, 1.54) is 0 Å². The third-order valence-corrected chi connectivity index (χ3v) is 4.44. The molecule has 0 heterocycles. The molecule has 9 heteroatoms. The van der Waals surface area contributed by atoms with Crippen molar-refractivity contribution in [3.05, 3.63) is 28.3 Å². The number of hydrogen-bond donors (Lipinski definition) is 2. The molecule has 20 heavy (non-hydrogen) atoms. The van der Waals surface area contributed by atoms with Gasteiger partial charge in [0, 0.05) is 24.7 Å². The highest BCUT2D eigenvalue weighted by Crippen LogP contribution is 2.23. The van der Waals surface area contributed by atoms with Crippen molar-refractivity contribution in [1.29, 1.82) is 0 Å². The number of hydrogen-bond acceptors (Lipinski definition) is 6. The van der Waals surface area contributed by atoms with Crippen molar-refractivity contribution >= 4 is 21.4 Å². The first-order valence-electron chi connectivity index (χ1n) is 5.85. The standard InChI is InChI=1S/C11H18N4O4S/c1-8(14(2)3)7-13-20(18,19)11-5-4-9(15(16)17)6-10(11)12/h4-6,8,13H,7,12H2,1-3H3. The van der Waals surface area contributed by atoms with Crippen molar-refractivity contribution in [1.82, 2.24) is 9.62 Å². The molecule has 1 atom stereocenters. The van der Waals surface area contributed by atoms with E-state index in [-0.39, 0.29) is 28.9 Å². The Morgan fingerprint density at radius 2 is 2.05 bits per heavy atom. The quantitative estimate of drug-likeness (QED) is 0.446. The van der Waals surface area contributed by atoms with Gasteiger partial charge in [0.15, 0.2) is 0 Å². The lowest BCUT2D eigenvalue weighted by Gasteiger charge is -2.20. The second-order valence-corrected chi connectivity index (χ2v) is 6.38. The van der Waals surface area contributed by atoms with Gasteiger partial charge in [-0.1, -0.05) is 0 Å². The molecule has 0 bridgehead atoms. The fourth-order valence-corrected chi connectivity index (χ4v) is 2.62. The van der Waals surface area contributed by atoms with E-state index in [0.717, 1.165) is 18.2 Å². The normalized spacial score (nSPS) is 13.4. The lowest BCUT2D eigenvalue weighted by Crippen LogP contribution is -2.38. The van der Waals surface area contributed by atoms with Crippen LogP contribution in [0.5, 0.6) is 0 Å². The summed E-state index contributed by atoms with van der Waals surface area (Å²) in [5.74, 6) is 0. The van der Waals surface area contributed by atoms with Crippen LogP contribution in [0, 0.1) is 10.1 Å². The number of nitrogens with two attached hydrogens (primary N) is 1. The highest BCUT2D eigenvalue weighted by molar-refractivity contribution is 7.89. The van der Waals surface area contributed by atoms with Crippen LogP contribution in [0.25, 0.3) is 0 Å². The molecule has 0 aliphatic carbocycles. The van der Waals surface area contributed by atoms with Crippen LogP contribution in [0.3, 0.4) is 0 Å². The van der Waals surface area contributed by atoms with Crippen LogP contribution in [-0.4, -0.2) is 44.9 Å². The third-order valence-electron chi connectivity index (χ3n) is 2.94. The van der Waals surface area contributed by atoms with Gasteiger partial charge in [-0.15, -0.1) is 0 Å². The molecular formula is C11H18N4O4S.